The van der Waals surface area contributed by atoms with Gasteiger partial charge in [0.1, 0.15) is 11.9 Å². The van der Waals surface area contributed by atoms with E-state index in [4.69, 9.17) is 19.9 Å². The van der Waals surface area contributed by atoms with Gasteiger partial charge in [0.15, 0.2) is 0 Å². The van der Waals surface area contributed by atoms with E-state index >= 15 is 0 Å². The van der Waals surface area contributed by atoms with Crippen molar-refractivity contribution in [2.45, 2.75) is 18.9 Å². The largest absolute Gasteiger partial charge is 0.489 e. The topological polar surface area (TPSA) is 70.8 Å². The molecule has 0 spiro atoms. The molecule has 0 bridgehead atoms. The third-order valence-electron chi connectivity index (χ3n) is 2.97. The fourth-order valence-corrected chi connectivity index (χ4v) is 2.37. The van der Waals surface area contributed by atoms with E-state index < -0.39 is 5.97 Å². The number of ether oxygens (including phenoxy) is 3. The molecule has 1 saturated heterocycles. The molecule has 0 atom stereocenters. The second-order valence-corrected chi connectivity index (χ2v) is 5.15. The first-order chi connectivity index (χ1) is 9.11. The van der Waals surface area contributed by atoms with Crippen LogP contribution in [0.4, 0.5) is 5.69 Å². The van der Waals surface area contributed by atoms with Crippen molar-refractivity contribution in [3.63, 3.8) is 0 Å². The maximum Gasteiger partial charge on any atom is 0.340 e. The van der Waals surface area contributed by atoms with Crippen molar-refractivity contribution < 1.29 is 19.0 Å². The van der Waals surface area contributed by atoms with Crippen molar-refractivity contribution in [3.8, 4) is 5.75 Å². The zero-order valence-electron chi connectivity index (χ0n) is 10.6. The molecule has 0 saturated carbocycles. The summed E-state index contributed by atoms with van der Waals surface area (Å²) in [4.78, 5) is 11.6. The monoisotopic (exact) mass is 329 g/mol. The van der Waals surface area contributed by atoms with E-state index in [0.29, 0.717) is 30.2 Å². The third kappa shape index (κ3) is 3.39. The van der Waals surface area contributed by atoms with Crippen LogP contribution in [0.25, 0.3) is 0 Å². The number of benzene rings is 1. The molecule has 2 rings (SSSR count). The SMILES string of the molecule is COC(=O)c1cc(OC2CCOCC2)c(Br)cc1N. The average molecular weight is 330 g/mol. The maximum atomic E-state index is 11.6. The van der Waals surface area contributed by atoms with E-state index in [0.717, 1.165) is 17.3 Å². The molecule has 1 heterocycles. The van der Waals surface area contributed by atoms with Crippen LogP contribution in [-0.2, 0) is 9.47 Å². The van der Waals surface area contributed by atoms with Crippen LogP contribution in [0.2, 0.25) is 0 Å². The van der Waals surface area contributed by atoms with Gasteiger partial charge in [-0.2, -0.15) is 0 Å². The highest BCUT2D eigenvalue weighted by Crippen LogP contribution is 2.32. The second kappa shape index (κ2) is 6.25. The lowest BCUT2D eigenvalue weighted by atomic mass is 10.1. The minimum atomic E-state index is -0.471. The van der Waals surface area contributed by atoms with Gasteiger partial charge < -0.3 is 19.9 Å². The number of hydrogen-bond acceptors (Lipinski definition) is 5. The Labute approximate surface area is 120 Å². The molecular weight excluding hydrogens is 314 g/mol. The number of nitrogens with two attached hydrogens (primary N) is 1. The van der Waals surface area contributed by atoms with Gasteiger partial charge in [0.05, 0.1) is 30.4 Å². The first kappa shape index (κ1) is 14.1. The molecule has 5 nitrogen and oxygen atoms in total. The highest BCUT2D eigenvalue weighted by atomic mass is 79.9. The smallest absolute Gasteiger partial charge is 0.340 e. The van der Waals surface area contributed by atoms with Crippen LogP contribution >= 0.6 is 15.9 Å². The van der Waals surface area contributed by atoms with Crippen molar-refractivity contribution >= 4 is 27.6 Å². The number of nitrogen functional groups attached to an aromatic ring is 1. The Balaban J connectivity index is 2.21. The van der Waals surface area contributed by atoms with Crippen LogP contribution < -0.4 is 10.5 Å². The van der Waals surface area contributed by atoms with Gasteiger partial charge in [-0.05, 0) is 28.1 Å². The number of halogens is 1. The first-order valence-corrected chi connectivity index (χ1v) is 6.83. The lowest BCUT2D eigenvalue weighted by Gasteiger charge is -2.24. The van der Waals surface area contributed by atoms with Gasteiger partial charge in [-0.3, -0.25) is 0 Å². The van der Waals surface area contributed by atoms with E-state index in [2.05, 4.69) is 15.9 Å². The minimum absolute atomic E-state index is 0.0965. The van der Waals surface area contributed by atoms with Gasteiger partial charge in [0.25, 0.3) is 0 Å². The molecule has 104 valence electrons. The second-order valence-electron chi connectivity index (χ2n) is 4.29. The molecule has 0 aromatic heterocycles. The fraction of sp³-hybridized carbons (Fsp3) is 0.462. The highest BCUT2D eigenvalue weighted by Gasteiger charge is 2.19. The van der Waals surface area contributed by atoms with Crippen LogP contribution in [0.1, 0.15) is 23.2 Å². The van der Waals surface area contributed by atoms with Crippen LogP contribution in [0, 0.1) is 0 Å². The molecule has 0 amide bonds. The zero-order valence-corrected chi connectivity index (χ0v) is 12.2. The summed E-state index contributed by atoms with van der Waals surface area (Å²) in [6.07, 6.45) is 1.77. The number of rotatable bonds is 3. The van der Waals surface area contributed by atoms with Crippen molar-refractivity contribution in [3.05, 3.63) is 22.2 Å². The van der Waals surface area contributed by atoms with Gasteiger partial charge >= 0.3 is 5.97 Å². The Bertz CT molecular complexity index is 472. The molecule has 1 aromatic rings. The van der Waals surface area contributed by atoms with Crippen molar-refractivity contribution in [2.24, 2.45) is 0 Å². The van der Waals surface area contributed by atoms with E-state index in [9.17, 15) is 4.79 Å². The summed E-state index contributed by atoms with van der Waals surface area (Å²) in [5.74, 6) is 0.128. The molecule has 0 unspecified atom stereocenters. The van der Waals surface area contributed by atoms with Crippen molar-refractivity contribution in [2.75, 3.05) is 26.1 Å². The molecule has 1 aromatic carbocycles. The first-order valence-electron chi connectivity index (χ1n) is 6.03. The summed E-state index contributed by atoms with van der Waals surface area (Å²) in [5, 5.41) is 0. The quantitative estimate of drug-likeness (QED) is 0.681. The van der Waals surface area contributed by atoms with E-state index in [1.165, 1.54) is 7.11 Å². The van der Waals surface area contributed by atoms with E-state index in [1.54, 1.807) is 12.1 Å². The van der Waals surface area contributed by atoms with Gasteiger partial charge in [-0.25, -0.2) is 4.79 Å². The molecule has 19 heavy (non-hydrogen) atoms. The van der Waals surface area contributed by atoms with Crippen molar-refractivity contribution in [1.29, 1.82) is 0 Å². The maximum absolute atomic E-state index is 11.6. The Hall–Kier alpha value is -1.27. The van der Waals surface area contributed by atoms with Crippen LogP contribution in [-0.4, -0.2) is 32.4 Å². The lowest BCUT2D eigenvalue weighted by Crippen LogP contribution is -2.26. The third-order valence-corrected chi connectivity index (χ3v) is 3.59. The Morgan fingerprint density at radius 2 is 2.11 bits per heavy atom. The Morgan fingerprint density at radius 1 is 1.42 bits per heavy atom. The number of hydrogen-bond donors (Lipinski definition) is 1. The standard InChI is InChI=1S/C13H16BrNO4/c1-17-13(16)9-6-12(10(14)7-11(9)15)19-8-2-4-18-5-3-8/h6-8H,2-5,15H2,1H3. The summed E-state index contributed by atoms with van der Waals surface area (Å²) >= 11 is 3.39. The fourth-order valence-electron chi connectivity index (χ4n) is 1.92. The minimum Gasteiger partial charge on any atom is -0.489 e. The predicted molar refractivity (Wildman–Crippen MR) is 74.4 cm³/mol. The summed E-state index contributed by atoms with van der Waals surface area (Å²) in [5.41, 5.74) is 6.47. The van der Waals surface area contributed by atoms with E-state index in [1.807, 2.05) is 0 Å². The molecular formula is C13H16BrNO4. The summed E-state index contributed by atoms with van der Waals surface area (Å²) < 4.78 is 16.6. The molecule has 1 aliphatic heterocycles. The van der Waals surface area contributed by atoms with Gasteiger partial charge in [0, 0.05) is 18.5 Å². The molecule has 2 N–H and O–H groups in total. The number of esters is 1. The predicted octanol–water partition coefficient (Wildman–Crippen LogP) is 2.38. The molecule has 6 heteroatoms. The number of carbonyl (C=O) groups is 1. The number of anilines is 1. The van der Waals surface area contributed by atoms with Gasteiger partial charge in [0.2, 0.25) is 0 Å². The van der Waals surface area contributed by atoms with Gasteiger partial charge in [-0.15, -0.1) is 0 Å². The van der Waals surface area contributed by atoms with Crippen LogP contribution in [0.5, 0.6) is 5.75 Å². The summed E-state index contributed by atoms with van der Waals surface area (Å²) in [6.45, 7) is 1.39. The lowest BCUT2D eigenvalue weighted by molar-refractivity contribution is 0.0251. The molecule has 1 fully saturated rings. The number of carbonyl (C=O) groups excluding carboxylic acids is 1. The summed E-state index contributed by atoms with van der Waals surface area (Å²) in [7, 11) is 1.32. The van der Waals surface area contributed by atoms with Crippen LogP contribution in [0.3, 0.4) is 0 Å². The van der Waals surface area contributed by atoms with Crippen LogP contribution in [0.15, 0.2) is 16.6 Å². The van der Waals surface area contributed by atoms with Crippen molar-refractivity contribution in [1.82, 2.24) is 0 Å². The van der Waals surface area contributed by atoms with Gasteiger partial charge in [-0.1, -0.05) is 0 Å². The Kier molecular flexibility index (Phi) is 4.66. The molecule has 0 aliphatic carbocycles. The average Bonchev–Trinajstić information content (AvgIpc) is 2.42. The normalized spacial score (nSPS) is 16.1. The molecule has 1 aliphatic rings. The zero-order chi connectivity index (χ0) is 13.8. The van der Waals surface area contributed by atoms with E-state index in [-0.39, 0.29) is 6.10 Å². The number of methoxy groups -OCH3 is 1. The highest BCUT2D eigenvalue weighted by molar-refractivity contribution is 9.10. The Morgan fingerprint density at radius 3 is 2.74 bits per heavy atom. The summed E-state index contributed by atoms with van der Waals surface area (Å²) in [6, 6.07) is 3.27. The molecule has 0 radical (unpaired) electrons.